The van der Waals surface area contributed by atoms with Crippen molar-refractivity contribution in [3.63, 3.8) is 0 Å². The summed E-state index contributed by atoms with van der Waals surface area (Å²) in [6.07, 6.45) is -0.870. The monoisotopic (exact) mass is 442 g/mol. The molecule has 1 atom stereocenters. The van der Waals surface area contributed by atoms with E-state index < -0.39 is 17.4 Å². The number of hydrogen-bond donors (Lipinski definition) is 1. The summed E-state index contributed by atoms with van der Waals surface area (Å²) in [5.74, 6) is 1.25. The van der Waals surface area contributed by atoms with Crippen LogP contribution in [0.15, 0.2) is 39.9 Å². The average Bonchev–Trinajstić information content (AvgIpc) is 3.20. The van der Waals surface area contributed by atoms with Gasteiger partial charge in [0.1, 0.15) is 18.5 Å². The first kappa shape index (κ1) is 22.1. The van der Waals surface area contributed by atoms with Crippen LogP contribution in [-0.4, -0.2) is 74.1 Å². The first-order valence-corrected chi connectivity index (χ1v) is 10.9. The van der Waals surface area contributed by atoms with Gasteiger partial charge >= 0.3 is 5.69 Å². The second-order valence-corrected chi connectivity index (χ2v) is 8.10. The van der Waals surface area contributed by atoms with Gasteiger partial charge in [-0.1, -0.05) is 25.1 Å². The Hall–Kier alpha value is -3.11. The fraction of sp³-hybridized carbons (Fsp3) is 0.500. The molecule has 0 bridgehead atoms. The number of para-hydroxylation sites is 1. The van der Waals surface area contributed by atoms with Gasteiger partial charge in [0.05, 0.1) is 6.54 Å². The Morgan fingerprint density at radius 3 is 2.41 bits per heavy atom. The van der Waals surface area contributed by atoms with Crippen molar-refractivity contribution in [3.8, 4) is 5.75 Å². The summed E-state index contributed by atoms with van der Waals surface area (Å²) in [5, 5.41) is 10.8. The van der Waals surface area contributed by atoms with Gasteiger partial charge in [-0.25, -0.2) is 4.79 Å². The van der Waals surface area contributed by atoms with Gasteiger partial charge in [-0.2, -0.15) is 4.98 Å². The molecule has 4 rings (SSSR count). The van der Waals surface area contributed by atoms with Gasteiger partial charge in [0.2, 0.25) is 5.95 Å². The number of imidazole rings is 1. The molecule has 10 heteroatoms. The number of benzene rings is 1. The van der Waals surface area contributed by atoms with Crippen LogP contribution in [0, 0.1) is 0 Å². The minimum Gasteiger partial charge on any atom is -0.491 e. The number of aliphatic hydroxyl groups is 1. The predicted molar refractivity (Wildman–Crippen MR) is 122 cm³/mol. The van der Waals surface area contributed by atoms with Gasteiger partial charge in [-0.05, 0) is 18.7 Å². The highest BCUT2D eigenvalue weighted by Crippen LogP contribution is 2.22. The van der Waals surface area contributed by atoms with Crippen LogP contribution in [0.5, 0.6) is 5.75 Å². The molecule has 172 valence electrons. The maximum Gasteiger partial charge on any atom is 0.332 e. The molecule has 1 fully saturated rings. The third-order valence-electron chi connectivity index (χ3n) is 6.01. The SMILES string of the molecule is CCN1CCN(c2nc3c(c(=O)n(C)c(=O)n3C)n2CC(O)COc2ccccc2)CC1. The third kappa shape index (κ3) is 4.15. The van der Waals surface area contributed by atoms with Crippen molar-refractivity contribution in [1.82, 2.24) is 23.6 Å². The summed E-state index contributed by atoms with van der Waals surface area (Å²) in [6.45, 7) is 6.58. The highest BCUT2D eigenvalue weighted by molar-refractivity contribution is 5.74. The molecule has 2 aromatic heterocycles. The van der Waals surface area contributed by atoms with Crippen LogP contribution in [0.3, 0.4) is 0 Å². The average molecular weight is 443 g/mol. The predicted octanol–water partition coefficient (Wildman–Crippen LogP) is 0.0155. The quantitative estimate of drug-likeness (QED) is 0.551. The van der Waals surface area contributed by atoms with Crippen molar-refractivity contribution < 1.29 is 9.84 Å². The fourth-order valence-corrected chi connectivity index (χ4v) is 4.09. The minimum absolute atomic E-state index is 0.0683. The van der Waals surface area contributed by atoms with Gasteiger partial charge in [-0.15, -0.1) is 0 Å². The van der Waals surface area contributed by atoms with Crippen LogP contribution >= 0.6 is 0 Å². The van der Waals surface area contributed by atoms with E-state index in [1.807, 2.05) is 30.3 Å². The molecule has 1 aliphatic heterocycles. The lowest BCUT2D eigenvalue weighted by Gasteiger charge is -2.35. The summed E-state index contributed by atoms with van der Waals surface area (Å²) in [5.41, 5.74) is -0.226. The molecule has 0 saturated carbocycles. The maximum absolute atomic E-state index is 13.0. The molecule has 3 aromatic rings. The number of ether oxygens (including phenoxy) is 1. The summed E-state index contributed by atoms with van der Waals surface area (Å²) < 4.78 is 9.89. The van der Waals surface area contributed by atoms with E-state index in [-0.39, 0.29) is 13.2 Å². The number of nitrogens with zero attached hydrogens (tertiary/aromatic N) is 6. The van der Waals surface area contributed by atoms with E-state index >= 15 is 0 Å². The molecule has 0 radical (unpaired) electrons. The van der Waals surface area contributed by atoms with Crippen LogP contribution in [0.2, 0.25) is 0 Å². The zero-order valence-electron chi connectivity index (χ0n) is 18.8. The van der Waals surface area contributed by atoms with E-state index in [9.17, 15) is 14.7 Å². The van der Waals surface area contributed by atoms with E-state index in [1.54, 1.807) is 11.6 Å². The molecule has 1 unspecified atom stereocenters. The van der Waals surface area contributed by atoms with E-state index in [2.05, 4.69) is 21.7 Å². The number of piperazine rings is 1. The van der Waals surface area contributed by atoms with Crippen molar-refractivity contribution in [3.05, 3.63) is 51.2 Å². The second-order valence-electron chi connectivity index (χ2n) is 8.10. The van der Waals surface area contributed by atoms with Crippen LogP contribution < -0.4 is 20.9 Å². The zero-order valence-corrected chi connectivity index (χ0v) is 18.8. The number of aliphatic hydroxyl groups excluding tert-OH is 1. The second kappa shape index (κ2) is 9.17. The molecule has 0 amide bonds. The Morgan fingerprint density at radius 2 is 1.75 bits per heavy atom. The van der Waals surface area contributed by atoms with Crippen LogP contribution in [0.25, 0.3) is 11.2 Å². The number of likely N-dealkylation sites (N-methyl/N-ethyl adjacent to an activating group) is 1. The zero-order chi connectivity index (χ0) is 22.8. The fourth-order valence-electron chi connectivity index (χ4n) is 4.09. The molecule has 32 heavy (non-hydrogen) atoms. The summed E-state index contributed by atoms with van der Waals surface area (Å²) in [4.78, 5) is 34.6. The molecular weight excluding hydrogens is 412 g/mol. The minimum atomic E-state index is -0.870. The van der Waals surface area contributed by atoms with Crippen molar-refractivity contribution in [1.29, 1.82) is 0 Å². The van der Waals surface area contributed by atoms with Crippen molar-refractivity contribution in [2.75, 3.05) is 44.2 Å². The smallest absolute Gasteiger partial charge is 0.332 e. The summed E-state index contributed by atoms with van der Waals surface area (Å²) >= 11 is 0. The van der Waals surface area contributed by atoms with E-state index in [4.69, 9.17) is 4.74 Å². The Kier molecular flexibility index (Phi) is 6.33. The topological polar surface area (TPSA) is 97.8 Å². The molecule has 10 nitrogen and oxygen atoms in total. The van der Waals surface area contributed by atoms with Gasteiger partial charge < -0.3 is 24.2 Å². The highest BCUT2D eigenvalue weighted by Gasteiger charge is 2.26. The van der Waals surface area contributed by atoms with E-state index in [0.717, 1.165) is 37.3 Å². The summed E-state index contributed by atoms with van der Waals surface area (Å²) in [7, 11) is 3.06. The molecule has 1 aliphatic rings. The number of rotatable bonds is 7. The normalized spacial score (nSPS) is 15.9. The molecule has 1 aromatic carbocycles. The first-order chi connectivity index (χ1) is 15.4. The number of aryl methyl sites for hydroxylation is 1. The Labute approximate surface area is 185 Å². The first-order valence-electron chi connectivity index (χ1n) is 10.9. The summed E-state index contributed by atoms with van der Waals surface area (Å²) in [6, 6.07) is 9.27. The van der Waals surface area contributed by atoms with Crippen LogP contribution in [0.4, 0.5) is 5.95 Å². The molecule has 0 spiro atoms. The molecular formula is C22H30N6O4. The standard InChI is InChI=1S/C22H30N6O4/c1-4-26-10-12-27(13-11-26)21-23-19-18(20(30)25(3)22(31)24(19)2)28(21)14-16(29)15-32-17-8-6-5-7-9-17/h5-9,16,29H,4,10-15H2,1-3H3. The maximum atomic E-state index is 13.0. The number of hydrogen-bond acceptors (Lipinski definition) is 7. The van der Waals surface area contributed by atoms with Crippen molar-refractivity contribution >= 4 is 17.1 Å². The Bertz CT molecular complexity index is 1190. The Balaban J connectivity index is 1.69. The van der Waals surface area contributed by atoms with Gasteiger partial charge in [0.15, 0.2) is 11.2 Å². The molecule has 3 heterocycles. The number of aromatic nitrogens is 4. The molecule has 1 saturated heterocycles. The van der Waals surface area contributed by atoms with E-state index in [1.165, 1.54) is 11.6 Å². The largest absolute Gasteiger partial charge is 0.491 e. The van der Waals surface area contributed by atoms with Crippen molar-refractivity contribution in [2.45, 2.75) is 19.6 Å². The lowest BCUT2D eigenvalue weighted by molar-refractivity contribution is 0.0935. The highest BCUT2D eigenvalue weighted by atomic mass is 16.5. The molecule has 0 aliphatic carbocycles. The van der Waals surface area contributed by atoms with E-state index in [0.29, 0.717) is 22.9 Å². The lowest BCUT2D eigenvalue weighted by Crippen LogP contribution is -2.47. The number of fused-ring (bicyclic) bond motifs is 1. The molecule has 1 N–H and O–H groups in total. The Morgan fingerprint density at radius 1 is 1.06 bits per heavy atom. The van der Waals surface area contributed by atoms with Crippen molar-refractivity contribution in [2.24, 2.45) is 14.1 Å². The number of anilines is 1. The third-order valence-corrected chi connectivity index (χ3v) is 6.01. The van der Waals surface area contributed by atoms with Crippen LogP contribution in [-0.2, 0) is 20.6 Å². The van der Waals surface area contributed by atoms with Crippen LogP contribution in [0.1, 0.15) is 6.92 Å². The lowest BCUT2D eigenvalue weighted by atomic mass is 10.3. The van der Waals surface area contributed by atoms with Gasteiger partial charge in [-0.3, -0.25) is 13.9 Å². The van der Waals surface area contributed by atoms with Gasteiger partial charge in [0, 0.05) is 40.3 Å². The van der Waals surface area contributed by atoms with Gasteiger partial charge in [0.25, 0.3) is 5.56 Å².